The summed E-state index contributed by atoms with van der Waals surface area (Å²) in [7, 11) is 0. The molecule has 26 heavy (non-hydrogen) atoms. The van der Waals surface area contributed by atoms with Crippen molar-refractivity contribution in [3.63, 3.8) is 0 Å². The first-order valence-corrected chi connectivity index (χ1v) is 8.28. The number of hydrogen-bond acceptors (Lipinski definition) is 2. The molecule has 0 radical (unpaired) electrons. The van der Waals surface area contributed by atoms with Crippen LogP contribution in [0.5, 0.6) is 0 Å². The summed E-state index contributed by atoms with van der Waals surface area (Å²) >= 11 is 0. The van der Waals surface area contributed by atoms with Gasteiger partial charge in [-0.1, -0.05) is 18.2 Å². The third-order valence-corrected chi connectivity index (χ3v) is 4.46. The smallest absolute Gasteiger partial charge is 0.337 e. The summed E-state index contributed by atoms with van der Waals surface area (Å²) in [6.07, 6.45) is -2.96. The first-order chi connectivity index (χ1) is 12.3. The van der Waals surface area contributed by atoms with Gasteiger partial charge in [-0.05, 0) is 48.2 Å². The van der Waals surface area contributed by atoms with Crippen LogP contribution in [0.15, 0.2) is 42.5 Å². The van der Waals surface area contributed by atoms with Gasteiger partial charge < -0.3 is 10.6 Å². The quantitative estimate of drug-likeness (QED) is 0.815. The van der Waals surface area contributed by atoms with Gasteiger partial charge in [-0.3, -0.25) is 4.79 Å². The van der Waals surface area contributed by atoms with Crippen molar-refractivity contribution in [3.05, 3.63) is 59.4 Å². The molecule has 2 N–H and O–H groups in total. The van der Waals surface area contributed by atoms with Crippen molar-refractivity contribution in [2.75, 3.05) is 13.1 Å². The third-order valence-electron chi connectivity index (χ3n) is 4.46. The normalized spacial score (nSPS) is 18.0. The Morgan fingerprint density at radius 1 is 1.15 bits per heavy atom. The van der Waals surface area contributed by atoms with Gasteiger partial charge in [0.25, 0.3) is 5.91 Å². The summed E-state index contributed by atoms with van der Waals surface area (Å²) in [5.74, 6) is -1.04. The molecule has 0 saturated carbocycles. The number of nitrogens with two attached hydrogens (primary N) is 1. The van der Waals surface area contributed by atoms with E-state index in [0.717, 1.165) is 37.1 Å². The van der Waals surface area contributed by atoms with E-state index in [-0.39, 0.29) is 22.7 Å². The number of carbonyl (C=O) groups excluding carboxylic acids is 1. The van der Waals surface area contributed by atoms with Gasteiger partial charge in [0.1, 0.15) is 5.82 Å². The standard InChI is InChI=1S/C19H18F4N2O/c20-14-6-7-16(12-3-1-4-13(9-12)19(21,22)23)17(10-14)18(26)25-8-2-5-15(24)11-25/h1,3-4,6-7,9-10,15H,2,5,8,11,24H2. The molecule has 0 aromatic heterocycles. The molecule has 0 spiro atoms. The Morgan fingerprint density at radius 2 is 1.92 bits per heavy atom. The van der Waals surface area contributed by atoms with Gasteiger partial charge in [0.2, 0.25) is 0 Å². The third kappa shape index (κ3) is 3.88. The summed E-state index contributed by atoms with van der Waals surface area (Å²) in [4.78, 5) is 14.4. The van der Waals surface area contributed by atoms with Crippen LogP contribution < -0.4 is 5.73 Å². The van der Waals surface area contributed by atoms with E-state index in [9.17, 15) is 22.4 Å². The molecule has 3 rings (SSSR count). The van der Waals surface area contributed by atoms with Gasteiger partial charge in [0.05, 0.1) is 11.1 Å². The fraction of sp³-hybridized carbons (Fsp3) is 0.316. The van der Waals surface area contributed by atoms with Crippen molar-refractivity contribution in [2.24, 2.45) is 5.73 Å². The molecule has 2 aromatic carbocycles. The zero-order chi connectivity index (χ0) is 18.9. The number of halogens is 4. The van der Waals surface area contributed by atoms with Crippen molar-refractivity contribution in [1.82, 2.24) is 4.90 Å². The number of benzene rings is 2. The van der Waals surface area contributed by atoms with Crippen LogP contribution in [0, 0.1) is 5.82 Å². The highest BCUT2D eigenvalue weighted by Gasteiger charge is 2.31. The van der Waals surface area contributed by atoms with Crippen molar-refractivity contribution in [1.29, 1.82) is 0 Å². The summed E-state index contributed by atoms with van der Waals surface area (Å²) < 4.78 is 52.7. The monoisotopic (exact) mass is 366 g/mol. The lowest BCUT2D eigenvalue weighted by molar-refractivity contribution is -0.137. The number of amides is 1. The summed E-state index contributed by atoms with van der Waals surface area (Å²) in [5, 5.41) is 0. The molecule has 1 amide bonds. The first-order valence-electron chi connectivity index (χ1n) is 8.28. The van der Waals surface area contributed by atoms with Crippen LogP contribution in [-0.2, 0) is 6.18 Å². The topological polar surface area (TPSA) is 46.3 Å². The van der Waals surface area contributed by atoms with E-state index in [2.05, 4.69) is 0 Å². The average molecular weight is 366 g/mol. The summed E-state index contributed by atoms with van der Waals surface area (Å²) in [6, 6.07) is 8.05. The fourth-order valence-electron chi connectivity index (χ4n) is 3.17. The molecule has 1 unspecified atom stereocenters. The predicted octanol–water partition coefficient (Wildman–Crippen LogP) is 4.07. The molecule has 1 fully saturated rings. The van der Waals surface area contributed by atoms with Gasteiger partial charge in [-0.25, -0.2) is 4.39 Å². The highest BCUT2D eigenvalue weighted by Crippen LogP contribution is 2.33. The predicted molar refractivity (Wildman–Crippen MR) is 90.0 cm³/mol. The van der Waals surface area contributed by atoms with E-state index in [1.165, 1.54) is 23.1 Å². The minimum Gasteiger partial charge on any atom is -0.337 e. The van der Waals surface area contributed by atoms with Gasteiger partial charge in [0.15, 0.2) is 0 Å². The van der Waals surface area contributed by atoms with Crippen molar-refractivity contribution in [3.8, 4) is 11.1 Å². The molecule has 7 heteroatoms. The number of carbonyl (C=O) groups is 1. The number of rotatable bonds is 2. The SMILES string of the molecule is NC1CCCN(C(=O)c2cc(F)ccc2-c2cccc(C(F)(F)F)c2)C1. The van der Waals surface area contributed by atoms with E-state index >= 15 is 0 Å². The van der Waals surface area contributed by atoms with Gasteiger partial charge in [-0.15, -0.1) is 0 Å². The number of nitrogens with zero attached hydrogens (tertiary/aromatic N) is 1. The fourth-order valence-corrected chi connectivity index (χ4v) is 3.17. The van der Waals surface area contributed by atoms with Crippen LogP contribution in [0.25, 0.3) is 11.1 Å². The molecule has 1 saturated heterocycles. The molecular weight excluding hydrogens is 348 g/mol. The van der Waals surface area contributed by atoms with Crippen molar-refractivity contribution < 1.29 is 22.4 Å². The maximum Gasteiger partial charge on any atom is 0.416 e. The maximum absolute atomic E-state index is 13.8. The van der Waals surface area contributed by atoms with E-state index < -0.39 is 23.5 Å². The van der Waals surface area contributed by atoms with E-state index in [4.69, 9.17) is 5.73 Å². The Labute approximate surface area is 148 Å². The molecule has 1 aliphatic heterocycles. The maximum atomic E-state index is 13.8. The molecule has 3 nitrogen and oxygen atoms in total. The Kier molecular flexibility index (Phi) is 5.00. The van der Waals surface area contributed by atoms with Crippen LogP contribution in [0.2, 0.25) is 0 Å². The number of hydrogen-bond donors (Lipinski definition) is 1. The highest BCUT2D eigenvalue weighted by atomic mass is 19.4. The zero-order valence-corrected chi connectivity index (χ0v) is 13.9. The largest absolute Gasteiger partial charge is 0.416 e. The second kappa shape index (κ2) is 7.07. The van der Waals surface area contributed by atoms with Gasteiger partial charge >= 0.3 is 6.18 Å². The Morgan fingerprint density at radius 3 is 2.62 bits per heavy atom. The van der Waals surface area contributed by atoms with E-state index in [1.54, 1.807) is 0 Å². The Bertz CT molecular complexity index is 819. The molecule has 0 aliphatic carbocycles. The lowest BCUT2D eigenvalue weighted by atomic mass is 9.96. The molecule has 2 aromatic rings. The van der Waals surface area contributed by atoms with Crippen LogP contribution in [0.3, 0.4) is 0 Å². The highest BCUT2D eigenvalue weighted by molar-refractivity contribution is 6.01. The molecule has 1 aliphatic rings. The first kappa shape index (κ1) is 18.4. The van der Waals surface area contributed by atoms with Crippen LogP contribution in [-0.4, -0.2) is 29.9 Å². The molecule has 1 heterocycles. The van der Waals surface area contributed by atoms with Crippen LogP contribution in [0.1, 0.15) is 28.8 Å². The Hall–Kier alpha value is -2.41. The van der Waals surface area contributed by atoms with Gasteiger partial charge in [0, 0.05) is 19.1 Å². The summed E-state index contributed by atoms with van der Waals surface area (Å²) in [6.45, 7) is 0.836. The molecule has 1 atom stereocenters. The number of alkyl halides is 3. The second-order valence-electron chi connectivity index (χ2n) is 6.42. The molecular formula is C19H18F4N2O. The number of likely N-dealkylation sites (tertiary alicyclic amines) is 1. The zero-order valence-electron chi connectivity index (χ0n) is 13.9. The minimum absolute atomic E-state index is 0.0402. The second-order valence-corrected chi connectivity index (χ2v) is 6.42. The minimum atomic E-state index is -4.50. The van der Waals surface area contributed by atoms with Crippen LogP contribution in [0.4, 0.5) is 17.6 Å². The van der Waals surface area contributed by atoms with Crippen molar-refractivity contribution >= 4 is 5.91 Å². The lowest BCUT2D eigenvalue weighted by Crippen LogP contribution is -2.45. The molecule has 0 bridgehead atoms. The Balaban J connectivity index is 2.03. The van der Waals surface area contributed by atoms with E-state index in [1.807, 2.05) is 0 Å². The summed E-state index contributed by atoms with van der Waals surface area (Å²) in [5.41, 5.74) is 5.59. The lowest BCUT2D eigenvalue weighted by Gasteiger charge is -2.31. The molecule has 138 valence electrons. The van der Waals surface area contributed by atoms with Crippen LogP contribution >= 0.6 is 0 Å². The number of piperidine rings is 1. The van der Waals surface area contributed by atoms with Gasteiger partial charge in [-0.2, -0.15) is 13.2 Å². The van der Waals surface area contributed by atoms with Crippen molar-refractivity contribution in [2.45, 2.75) is 25.1 Å². The van der Waals surface area contributed by atoms with E-state index in [0.29, 0.717) is 13.1 Å². The average Bonchev–Trinajstić information content (AvgIpc) is 2.60.